The Labute approximate surface area is 135 Å². The zero-order valence-corrected chi connectivity index (χ0v) is 12.7. The summed E-state index contributed by atoms with van der Waals surface area (Å²) in [5.74, 6) is -0.964. The molecule has 0 aliphatic rings. The van der Waals surface area contributed by atoms with Gasteiger partial charge in [-0.3, -0.25) is 4.79 Å². The highest BCUT2D eigenvalue weighted by molar-refractivity contribution is 5.84. The molecule has 1 aromatic heterocycles. The van der Waals surface area contributed by atoms with Crippen LogP contribution in [0.5, 0.6) is 5.75 Å². The number of halogens is 3. The summed E-state index contributed by atoms with van der Waals surface area (Å²) in [4.78, 5) is 12.7. The SMILES string of the molecule is CCOc1ccc2c(=O)c(-c3ccccc3)c(C(F)(F)F)oc2c1. The van der Waals surface area contributed by atoms with E-state index in [4.69, 9.17) is 9.15 Å². The van der Waals surface area contributed by atoms with Crippen LogP contribution in [-0.2, 0) is 6.18 Å². The van der Waals surface area contributed by atoms with Crippen molar-refractivity contribution in [3.05, 3.63) is 64.5 Å². The highest BCUT2D eigenvalue weighted by Crippen LogP contribution is 2.37. The van der Waals surface area contributed by atoms with Crippen LogP contribution in [0, 0.1) is 0 Å². The lowest BCUT2D eigenvalue weighted by Crippen LogP contribution is -2.16. The fraction of sp³-hybridized carbons (Fsp3) is 0.167. The second kappa shape index (κ2) is 6.03. The standard InChI is InChI=1S/C18H13F3O3/c1-2-23-12-8-9-13-14(10-12)24-17(18(19,20)21)15(16(13)22)11-6-4-3-5-7-11/h3-10H,2H2,1H3. The minimum absolute atomic E-state index is 0.0744. The molecular weight excluding hydrogens is 321 g/mol. The number of benzene rings is 2. The molecule has 0 radical (unpaired) electrons. The summed E-state index contributed by atoms with van der Waals surface area (Å²) in [6, 6.07) is 11.9. The first-order valence-electron chi connectivity index (χ1n) is 7.28. The molecule has 0 atom stereocenters. The van der Waals surface area contributed by atoms with E-state index in [9.17, 15) is 18.0 Å². The zero-order valence-electron chi connectivity index (χ0n) is 12.7. The van der Waals surface area contributed by atoms with Gasteiger partial charge in [0.1, 0.15) is 11.3 Å². The number of fused-ring (bicyclic) bond motifs is 1. The predicted molar refractivity (Wildman–Crippen MR) is 84.1 cm³/mol. The van der Waals surface area contributed by atoms with E-state index in [1.807, 2.05) is 0 Å². The second-order valence-electron chi connectivity index (χ2n) is 5.09. The Balaban J connectivity index is 2.36. The Kier molecular flexibility index (Phi) is 4.05. The van der Waals surface area contributed by atoms with Crippen molar-refractivity contribution in [2.24, 2.45) is 0 Å². The molecule has 124 valence electrons. The Morgan fingerprint density at radius 1 is 1.08 bits per heavy atom. The molecular formula is C18H13F3O3. The number of alkyl halides is 3. The van der Waals surface area contributed by atoms with E-state index < -0.39 is 22.9 Å². The normalized spacial score (nSPS) is 11.7. The van der Waals surface area contributed by atoms with Crippen LogP contribution in [0.15, 0.2) is 57.7 Å². The molecule has 3 nitrogen and oxygen atoms in total. The monoisotopic (exact) mass is 334 g/mol. The van der Waals surface area contributed by atoms with Crippen molar-refractivity contribution in [3.63, 3.8) is 0 Å². The Morgan fingerprint density at radius 2 is 1.79 bits per heavy atom. The van der Waals surface area contributed by atoms with Gasteiger partial charge in [0, 0.05) is 6.07 Å². The number of hydrogen-bond donors (Lipinski definition) is 0. The highest BCUT2D eigenvalue weighted by Gasteiger charge is 2.39. The molecule has 1 heterocycles. The van der Waals surface area contributed by atoms with E-state index >= 15 is 0 Å². The largest absolute Gasteiger partial charge is 0.494 e. The Bertz CT molecular complexity index is 928. The third kappa shape index (κ3) is 2.87. The van der Waals surface area contributed by atoms with Gasteiger partial charge in [-0.25, -0.2) is 0 Å². The van der Waals surface area contributed by atoms with Crippen molar-refractivity contribution in [2.45, 2.75) is 13.1 Å². The van der Waals surface area contributed by atoms with Crippen molar-refractivity contribution in [2.75, 3.05) is 6.61 Å². The van der Waals surface area contributed by atoms with E-state index in [1.54, 1.807) is 25.1 Å². The van der Waals surface area contributed by atoms with Gasteiger partial charge < -0.3 is 9.15 Å². The van der Waals surface area contributed by atoms with Crippen molar-refractivity contribution < 1.29 is 22.3 Å². The quantitative estimate of drug-likeness (QED) is 0.685. The van der Waals surface area contributed by atoms with Crippen LogP contribution >= 0.6 is 0 Å². The van der Waals surface area contributed by atoms with Gasteiger partial charge in [0.2, 0.25) is 11.2 Å². The molecule has 3 rings (SSSR count). The van der Waals surface area contributed by atoms with Gasteiger partial charge in [-0.2, -0.15) is 13.2 Å². The summed E-state index contributed by atoms with van der Waals surface area (Å²) in [5, 5.41) is 0.0744. The summed E-state index contributed by atoms with van der Waals surface area (Å²) < 4.78 is 50.6. The summed E-state index contributed by atoms with van der Waals surface area (Å²) in [5.41, 5.74) is -1.20. The van der Waals surface area contributed by atoms with Crippen molar-refractivity contribution >= 4 is 11.0 Å². The average molecular weight is 334 g/mol. The predicted octanol–water partition coefficient (Wildman–Crippen LogP) is 4.88. The Morgan fingerprint density at radius 3 is 2.42 bits per heavy atom. The van der Waals surface area contributed by atoms with Crippen LogP contribution in [0.25, 0.3) is 22.1 Å². The molecule has 0 amide bonds. The molecule has 3 aromatic rings. The van der Waals surface area contributed by atoms with Crippen LogP contribution in [0.2, 0.25) is 0 Å². The van der Waals surface area contributed by atoms with E-state index in [0.717, 1.165) is 0 Å². The molecule has 0 spiro atoms. The number of hydrogen-bond acceptors (Lipinski definition) is 3. The van der Waals surface area contributed by atoms with E-state index in [1.165, 1.54) is 30.3 Å². The molecule has 0 fully saturated rings. The van der Waals surface area contributed by atoms with Gasteiger partial charge in [-0.1, -0.05) is 30.3 Å². The minimum atomic E-state index is -4.79. The van der Waals surface area contributed by atoms with Crippen molar-refractivity contribution in [3.8, 4) is 16.9 Å². The molecule has 2 aromatic carbocycles. The first-order valence-corrected chi connectivity index (χ1v) is 7.28. The molecule has 0 aliphatic carbocycles. The maximum Gasteiger partial charge on any atom is 0.450 e. The average Bonchev–Trinajstić information content (AvgIpc) is 2.55. The minimum Gasteiger partial charge on any atom is -0.494 e. The molecule has 0 unspecified atom stereocenters. The van der Waals surface area contributed by atoms with Crippen LogP contribution in [-0.4, -0.2) is 6.61 Å². The Hall–Kier alpha value is -2.76. The molecule has 6 heteroatoms. The fourth-order valence-corrected chi connectivity index (χ4v) is 2.50. The van der Waals surface area contributed by atoms with E-state index in [2.05, 4.69) is 0 Å². The lowest BCUT2D eigenvalue weighted by Gasteiger charge is -2.13. The lowest BCUT2D eigenvalue weighted by atomic mass is 10.0. The first-order chi connectivity index (χ1) is 11.4. The summed E-state index contributed by atoms with van der Waals surface area (Å²) in [6.07, 6.45) is -4.79. The number of ether oxygens (including phenoxy) is 1. The van der Waals surface area contributed by atoms with Gasteiger partial charge in [-0.05, 0) is 24.6 Å². The molecule has 0 aliphatic heterocycles. The summed E-state index contributed by atoms with van der Waals surface area (Å²) in [6.45, 7) is 2.10. The van der Waals surface area contributed by atoms with E-state index in [0.29, 0.717) is 12.4 Å². The molecule has 0 bridgehead atoms. The van der Waals surface area contributed by atoms with Crippen LogP contribution in [0.1, 0.15) is 12.7 Å². The summed E-state index contributed by atoms with van der Waals surface area (Å²) in [7, 11) is 0. The van der Waals surface area contributed by atoms with Gasteiger partial charge >= 0.3 is 6.18 Å². The van der Waals surface area contributed by atoms with Crippen LogP contribution in [0.3, 0.4) is 0 Å². The van der Waals surface area contributed by atoms with Crippen molar-refractivity contribution in [1.82, 2.24) is 0 Å². The topological polar surface area (TPSA) is 39.4 Å². The third-order valence-electron chi connectivity index (χ3n) is 3.49. The zero-order chi connectivity index (χ0) is 17.3. The van der Waals surface area contributed by atoms with Crippen LogP contribution < -0.4 is 10.2 Å². The molecule has 24 heavy (non-hydrogen) atoms. The summed E-state index contributed by atoms with van der Waals surface area (Å²) >= 11 is 0. The highest BCUT2D eigenvalue weighted by atomic mass is 19.4. The van der Waals surface area contributed by atoms with Crippen LogP contribution in [0.4, 0.5) is 13.2 Å². The molecule has 0 saturated carbocycles. The van der Waals surface area contributed by atoms with Gasteiger partial charge in [0.25, 0.3) is 0 Å². The molecule has 0 saturated heterocycles. The number of rotatable bonds is 3. The lowest BCUT2D eigenvalue weighted by molar-refractivity contribution is -0.152. The fourth-order valence-electron chi connectivity index (χ4n) is 2.50. The third-order valence-corrected chi connectivity index (χ3v) is 3.49. The van der Waals surface area contributed by atoms with E-state index in [-0.39, 0.29) is 16.5 Å². The van der Waals surface area contributed by atoms with Gasteiger partial charge in [-0.15, -0.1) is 0 Å². The first kappa shape index (κ1) is 16.1. The smallest absolute Gasteiger partial charge is 0.450 e. The van der Waals surface area contributed by atoms with Crippen molar-refractivity contribution in [1.29, 1.82) is 0 Å². The maximum absolute atomic E-state index is 13.4. The maximum atomic E-state index is 13.4. The second-order valence-corrected chi connectivity index (χ2v) is 5.09. The molecule has 0 N–H and O–H groups in total. The van der Waals surface area contributed by atoms with Gasteiger partial charge in [0.15, 0.2) is 0 Å². The van der Waals surface area contributed by atoms with Gasteiger partial charge in [0.05, 0.1) is 17.6 Å².